The van der Waals surface area contributed by atoms with Crippen LogP contribution in [0.4, 0.5) is 0 Å². The van der Waals surface area contributed by atoms with E-state index in [0.717, 1.165) is 36.3 Å². The first-order valence-corrected chi connectivity index (χ1v) is 9.19. The SMILES string of the molecule is CCC1c2ccc(C)n2CCN1C(=O)c1[nH]nc(-c2ccccc2)c1C. The topological polar surface area (TPSA) is 53.9 Å². The molecule has 1 aromatic carbocycles. The van der Waals surface area contributed by atoms with E-state index in [4.69, 9.17) is 0 Å². The monoisotopic (exact) mass is 348 g/mol. The zero-order chi connectivity index (χ0) is 18.3. The molecule has 134 valence electrons. The van der Waals surface area contributed by atoms with Gasteiger partial charge in [0.1, 0.15) is 5.69 Å². The molecule has 0 fully saturated rings. The number of aromatic nitrogens is 3. The lowest BCUT2D eigenvalue weighted by Crippen LogP contribution is -2.42. The number of aryl methyl sites for hydroxylation is 1. The van der Waals surface area contributed by atoms with Crippen molar-refractivity contribution in [3.8, 4) is 11.3 Å². The highest BCUT2D eigenvalue weighted by molar-refractivity contribution is 5.95. The van der Waals surface area contributed by atoms with E-state index in [2.05, 4.69) is 40.7 Å². The fraction of sp³-hybridized carbons (Fsp3) is 0.333. The lowest BCUT2D eigenvalue weighted by molar-refractivity contribution is 0.0609. The highest BCUT2D eigenvalue weighted by Gasteiger charge is 2.32. The van der Waals surface area contributed by atoms with Crippen LogP contribution in [0.3, 0.4) is 0 Å². The number of hydrogen-bond acceptors (Lipinski definition) is 2. The maximum atomic E-state index is 13.3. The molecule has 26 heavy (non-hydrogen) atoms. The molecule has 3 heterocycles. The molecule has 1 amide bonds. The van der Waals surface area contributed by atoms with Gasteiger partial charge in [0.2, 0.25) is 0 Å². The zero-order valence-corrected chi connectivity index (χ0v) is 15.5. The summed E-state index contributed by atoms with van der Waals surface area (Å²) in [6.45, 7) is 7.79. The fourth-order valence-electron chi connectivity index (χ4n) is 4.01. The molecule has 1 N–H and O–H groups in total. The van der Waals surface area contributed by atoms with Crippen LogP contribution in [0, 0.1) is 13.8 Å². The Kier molecular flexibility index (Phi) is 4.15. The van der Waals surface area contributed by atoms with Gasteiger partial charge in [-0.1, -0.05) is 37.3 Å². The van der Waals surface area contributed by atoms with Crippen molar-refractivity contribution in [3.05, 3.63) is 65.1 Å². The third-order valence-corrected chi connectivity index (χ3v) is 5.43. The number of rotatable bonds is 3. The van der Waals surface area contributed by atoms with Crippen molar-refractivity contribution in [1.29, 1.82) is 0 Å². The summed E-state index contributed by atoms with van der Waals surface area (Å²) in [4.78, 5) is 15.3. The van der Waals surface area contributed by atoms with Gasteiger partial charge in [0.15, 0.2) is 0 Å². The second kappa shape index (κ2) is 6.48. The Balaban J connectivity index is 1.67. The van der Waals surface area contributed by atoms with Gasteiger partial charge in [0.05, 0.1) is 11.7 Å². The van der Waals surface area contributed by atoms with Crippen LogP contribution >= 0.6 is 0 Å². The summed E-state index contributed by atoms with van der Waals surface area (Å²) in [6, 6.07) is 14.4. The van der Waals surface area contributed by atoms with Crippen LogP contribution in [0.5, 0.6) is 0 Å². The molecular formula is C21H24N4O. The number of amides is 1. The summed E-state index contributed by atoms with van der Waals surface area (Å²) in [5, 5.41) is 7.42. The lowest BCUT2D eigenvalue weighted by Gasteiger charge is -2.37. The molecule has 0 bridgehead atoms. The minimum atomic E-state index is 0.0362. The molecule has 1 aliphatic rings. The molecule has 1 atom stereocenters. The molecule has 5 nitrogen and oxygen atoms in total. The van der Waals surface area contributed by atoms with Gasteiger partial charge < -0.3 is 9.47 Å². The normalized spacial score (nSPS) is 16.6. The van der Waals surface area contributed by atoms with E-state index in [1.54, 1.807) is 0 Å². The van der Waals surface area contributed by atoms with Crippen LogP contribution in [0.15, 0.2) is 42.5 Å². The molecule has 0 saturated carbocycles. The molecule has 3 aromatic rings. The van der Waals surface area contributed by atoms with E-state index in [9.17, 15) is 4.79 Å². The molecule has 0 radical (unpaired) electrons. The van der Waals surface area contributed by atoms with Crippen LogP contribution < -0.4 is 0 Å². The number of aromatic amines is 1. The van der Waals surface area contributed by atoms with Crippen molar-refractivity contribution in [3.63, 3.8) is 0 Å². The lowest BCUT2D eigenvalue weighted by atomic mass is 10.0. The average Bonchev–Trinajstić information content (AvgIpc) is 3.24. The van der Waals surface area contributed by atoms with Crippen molar-refractivity contribution < 1.29 is 4.79 Å². The first-order valence-electron chi connectivity index (χ1n) is 9.19. The number of carbonyl (C=O) groups is 1. The summed E-state index contributed by atoms with van der Waals surface area (Å²) in [6.07, 6.45) is 0.897. The molecule has 0 aliphatic carbocycles. The highest BCUT2D eigenvalue weighted by Crippen LogP contribution is 2.32. The van der Waals surface area contributed by atoms with E-state index < -0.39 is 0 Å². The smallest absolute Gasteiger partial charge is 0.272 e. The Labute approximate surface area is 153 Å². The number of benzene rings is 1. The molecular weight excluding hydrogens is 324 g/mol. The van der Waals surface area contributed by atoms with E-state index in [1.165, 1.54) is 11.4 Å². The zero-order valence-electron chi connectivity index (χ0n) is 15.5. The van der Waals surface area contributed by atoms with Gasteiger partial charge in [0, 0.05) is 35.6 Å². The average molecular weight is 348 g/mol. The first-order chi connectivity index (χ1) is 12.6. The maximum absolute atomic E-state index is 13.3. The Morgan fingerprint density at radius 2 is 1.92 bits per heavy atom. The predicted octanol–water partition coefficient (Wildman–Crippen LogP) is 4.10. The Morgan fingerprint density at radius 1 is 1.15 bits per heavy atom. The van der Waals surface area contributed by atoms with Crippen LogP contribution in [-0.2, 0) is 6.54 Å². The van der Waals surface area contributed by atoms with Crippen LogP contribution in [0.2, 0.25) is 0 Å². The van der Waals surface area contributed by atoms with Crippen molar-refractivity contribution in [2.24, 2.45) is 0 Å². The molecule has 2 aromatic heterocycles. The van der Waals surface area contributed by atoms with Gasteiger partial charge in [-0.2, -0.15) is 5.10 Å². The van der Waals surface area contributed by atoms with Crippen molar-refractivity contribution >= 4 is 5.91 Å². The van der Waals surface area contributed by atoms with Gasteiger partial charge in [0.25, 0.3) is 5.91 Å². The number of nitrogens with one attached hydrogen (secondary N) is 1. The Morgan fingerprint density at radius 3 is 2.65 bits per heavy atom. The van der Waals surface area contributed by atoms with Crippen LogP contribution in [-0.4, -0.2) is 32.1 Å². The minimum absolute atomic E-state index is 0.0362. The molecule has 5 heteroatoms. The Hall–Kier alpha value is -2.82. The van der Waals surface area contributed by atoms with E-state index in [0.29, 0.717) is 5.69 Å². The third-order valence-electron chi connectivity index (χ3n) is 5.43. The second-order valence-corrected chi connectivity index (χ2v) is 6.91. The molecule has 1 unspecified atom stereocenters. The molecule has 1 aliphatic heterocycles. The van der Waals surface area contributed by atoms with E-state index in [1.807, 2.05) is 42.2 Å². The van der Waals surface area contributed by atoms with Gasteiger partial charge in [-0.3, -0.25) is 9.89 Å². The molecule has 0 saturated heterocycles. The summed E-state index contributed by atoms with van der Waals surface area (Å²) in [5.74, 6) is 0.0362. The maximum Gasteiger partial charge on any atom is 0.272 e. The fourth-order valence-corrected chi connectivity index (χ4v) is 4.01. The number of fused-ring (bicyclic) bond motifs is 1. The minimum Gasteiger partial charge on any atom is -0.345 e. The summed E-state index contributed by atoms with van der Waals surface area (Å²) < 4.78 is 2.33. The van der Waals surface area contributed by atoms with Gasteiger partial charge in [-0.15, -0.1) is 0 Å². The summed E-state index contributed by atoms with van der Waals surface area (Å²) >= 11 is 0. The third kappa shape index (κ3) is 2.55. The largest absolute Gasteiger partial charge is 0.345 e. The van der Waals surface area contributed by atoms with Gasteiger partial charge in [-0.05, 0) is 32.4 Å². The standard InChI is InChI=1S/C21H24N4O/c1-4-17-18-11-10-14(2)24(18)12-13-25(17)21(26)20-15(3)19(22-23-20)16-8-6-5-7-9-16/h5-11,17H,4,12-13H2,1-3H3,(H,22,23). The molecule has 0 spiro atoms. The summed E-state index contributed by atoms with van der Waals surface area (Å²) in [7, 11) is 0. The number of hydrogen-bond donors (Lipinski definition) is 1. The quantitative estimate of drug-likeness (QED) is 0.775. The van der Waals surface area contributed by atoms with Gasteiger partial charge in [-0.25, -0.2) is 0 Å². The molecule has 4 rings (SSSR count). The van der Waals surface area contributed by atoms with Crippen molar-refractivity contribution in [2.75, 3.05) is 6.54 Å². The number of H-pyrrole nitrogens is 1. The van der Waals surface area contributed by atoms with Crippen LogP contribution in [0.1, 0.15) is 46.8 Å². The number of nitrogens with zero attached hydrogens (tertiary/aromatic N) is 3. The Bertz CT molecular complexity index is 938. The van der Waals surface area contributed by atoms with Crippen molar-refractivity contribution in [2.45, 2.75) is 39.8 Å². The van der Waals surface area contributed by atoms with Crippen molar-refractivity contribution in [1.82, 2.24) is 19.7 Å². The summed E-state index contributed by atoms with van der Waals surface area (Å²) in [5.41, 5.74) is 5.86. The first kappa shape index (κ1) is 16.6. The number of carbonyl (C=O) groups excluding carboxylic acids is 1. The van der Waals surface area contributed by atoms with Crippen LogP contribution in [0.25, 0.3) is 11.3 Å². The van der Waals surface area contributed by atoms with Gasteiger partial charge >= 0.3 is 0 Å². The predicted molar refractivity (Wildman–Crippen MR) is 102 cm³/mol. The van der Waals surface area contributed by atoms with E-state index in [-0.39, 0.29) is 11.9 Å². The highest BCUT2D eigenvalue weighted by atomic mass is 16.2. The van der Waals surface area contributed by atoms with E-state index >= 15 is 0 Å². The second-order valence-electron chi connectivity index (χ2n) is 6.91.